The van der Waals surface area contributed by atoms with Gasteiger partial charge in [-0.05, 0) is 57.5 Å². The van der Waals surface area contributed by atoms with E-state index >= 15 is 0 Å². The van der Waals surface area contributed by atoms with Crippen molar-refractivity contribution >= 4 is 11.4 Å². The van der Waals surface area contributed by atoms with E-state index in [1.54, 1.807) is 0 Å². The van der Waals surface area contributed by atoms with Crippen molar-refractivity contribution in [2.45, 2.75) is 96.9 Å². The lowest BCUT2D eigenvalue weighted by Gasteiger charge is -2.24. The third-order valence-corrected chi connectivity index (χ3v) is 6.13. The Labute approximate surface area is 183 Å². The van der Waals surface area contributed by atoms with Crippen molar-refractivity contribution in [3.05, 3.63) is 41.5 Å². The molecular weight excluding hydrogens is 370 g/mol. The van der Waals surface area contributed by atoms with Crippen LogP contribution in [0, 0.1) is 0 Å². The zero-order valence-corrected chi connectivity index (χ0v) is 19.7. The highest BCUT2D eigenvalue weighted by atomic mass is 16.1. The third kappa shape index (κ3) is 7.46. The quantitative estimate of drug-likeness (QED) is 0.474. The molecule has 1 saturated carbocycles. The Morgan fingerprint density at radius 1 is 1.07 bits per heavy atom. The van der Waals surface area contributed by atoms with Gasteiger partial charge < -0.3 is 4.90 Å². The molecule has 4 heteroatoms. The van der Waals surface area contributed by atoms with Crippen molar-refractivity contribution in [1.82, 2.24) is 14.9 Å². The van der Waals surface area contributed by atoms with Crippen LogP contribution in [0.15, 0.2) is 18.7 Å². The minimum Gasteiger partial charge on any atom is -0.304 e. The molecule has 0 amide bonds. The minimum atomic E-state index is 0.0283. The molecule has 0 aromatic carbocycles. The molecule has 4 nitrogen and oxygen atoms in total. The average Bonchev–Trinajstić information content (AvgIpc) is 2.74. The number of hydrogen-bond donors (Lipinski definition) is 0. The standard InChI is InChI=1S/C26H41N3O/c1-6-22(30)18-17-20(3)26-27-24(19-29(4)5)23(7-2)25(28-26)21-15-13-11-9-8-10-12-14-16-21/h6,17,21H,1,7-16,18-19H2,2-5H3/b20-17+. The van der Waals surface area contributed by atoms with Gasteiger partial charge in [0.1, 0.15) is 0 Å². The van der Waals surface area contributed by atoms with Crippen molar-refractivity contribution in [3.8, 4) is 0 Å². The highest BCUT2D eigenvalue weighted by Gasteiger charge is 2.22. The maximum absolute atomic E-state index is 11.7. The van der Waals surface area contributed by atoms with E-state index in [9.17, 15) is 4.79 Å². The number of carbonyl (C=O) groups is 1. The zero-order chi connectivity index (χ0) is 21.9. The second-order valence-corrected chi connectivity index (χ2v) is 8.96. The van der Waals surface area contributed by atoms with Gasteiger partial charge in [0, 0.05) is 18.9 Å². The fraction of sp³-hybridized carbons (Fsp3) is 0.654. The van der Waals surface area contributed by atoms with E-state index in [4.69, 9.17) is 9.97 Å². The summed E-state index contributed by atoms with van der Waals surface area (Å²) in [4.78, 5) is 24.0. The second kappa shape index (κ2) is 12.8. The number of aromatic nitrogens is 2. The molecule has 0 saturated heterocycles. The van der Waals surface area contributed by atoms with Gasteiger partial charge in [-0.3, -0.25) is 4.79 Å². The van der Waals surface area contributed by atoms with Gasteiger partial charge in [0.25, 0.3) is 0 Å². The fourth-order valence-corrected chi connectivity index (χ4v) is 4.39. The fourth-order valence-electron chi connectivity index (χ4n) is 4.39. The predicted octanol–water partition coefficient (Wildman–Crippen LogP) is 6.26. The van der Waals surface area contributed by atoms with Crippen LogP contribution >= 0.6 is 0 Å². The van der Waals surface area contributed by atoms with Crippen molar-refractivity contribution in [2.75, 3.05) is 14.1 Å². The van der Waals surface area contributed by atoms with Crippen molar-refractivity contribution in [2.24, 2.45) is 0 Å². The molecule has 1 aromatic rings. The Morgan fingerprint density at radius 3 is 2.20 bits per heavy atom. The molecule has 0 radical (unpaired) electrons. The number of carbonyl (C=O) groups excluding carboxylic acids is 1. The largest absolute Gasteiger partial charge is 0.304 e. The number of nitrogens with zero attached hydrogens (tertiary/aromatic N) is 3. The monoisotopic (exact) mass is 411 g/mol. The molecule has 1 heterocycles. The molecule has 1 aliphatic carbocycles. The van der Waals surface area contributed by atoms with Crippen LogP contribution in [-0.2, 0) is 17.8 Å². The molecule has 0 bridgehead atoms. The van der Waals surface area contributed by atoms with Crippen LogP contribution in [0.2, 0.25) is 0 Å². The zero-order valence-electron chi connectivity index (χ0n) is 19.7. The van der Waals surface area contributed by atoms with Gasteiger partial charge in [-0.1, -0.05) is 64.5 Å². The Balaban J connectivity index is 2.45. The molecule has 30 heavy (non-hydrogen) atoms. The molecule has 0 N–H and O–H groups in total. The van der Waals surface area contributed by atoms with Crippen LogP contribution in [0.4, 0.5) is 0 Å². The first-order valence-electron chi connectivity index (χ1n) is 11.8. The molecule has 1 fully saturated rings. The molecule has 0 aliphatic heterocycles. The van der Waals surface area contributed by atoms with Gasteiger partial charge in [0.05, 0.1) is 11.4 Å². The van der Waals surface area contributed by atoms with Crippen molar-refractivity contribution in [1.29, 1.82) is 0 Å². The van der Waals surface area contributed by atoms with Gasteiger partial charge in [0.2, 0.25) is 0 Å². The number of allylic oxidation sites excluding steroid dienone is 3. The summed E-state index contributed by atoms with van der Waals surface area (Å²) in [6.07, 6.45) is 16.5. The first-order valence-corrected chi connectivity index (χ1v) is 11.8. The summed E-state index contributed by atoms with van der Waals surface area (Å²) in [7, 11) is 4.19. The molecule has 0 unspecified atom stereocenters. The Morgan fingerprint density at radius 2 is 1.67 bits per heavy atom. The molecule has 1 aliphatic rings. The van der Waals surface area contributed by atoms with Crippen LogP contribution in [0.25, 0.3) is 5.57 Å². The predicted molar refractivity (Wildman–Crippen MR) is 127 cm³/mol. The third-order valence-electron chi connectivity index (χ3n) is 6.13. The van der Waals surface area contributed by atoms with Gasteiger partial charge in [-0.15, -0.1) is 0 Å². The van der Waals surface area contributed by atoms with E-state index in [0.29, 0.717) is 12.3 Å². The molecular formula is C26H41N3O. The van der Waals surface area contributed by atoms with E-state index < -0.39 is 0 Å². The summed E-state index contributed by atoms with van der Waals surface area (Å²) in [5.74, 6) is 1.33. The van der Waals surface area contributed by atoms with E-state index in [-0.39, 0.29) is 5.78 Å². The lowest BCUT2D eigenvalue weighted by atomic mass is 9.86. The van der Waals surface area contributed by atoms with E-state index in [0.717, 1.165) is 30.1 Å². The highest BCUT2D eigenvalue weighted by Crippen LogP contribution is 2.33. The molecule has 0 atom stereocenters. The summed E-state index contributed by atoms with van der Waals surface area (Å²) in [5.41, 5.74) is 4.73. The number of hydrogen-bond acceptors (Lipinski definition) is 4. The van der Waals surface area contributed by atoms with Crippen LogP contribution in [0.5, 0.6) is 0 Å². The Hall–Kier alpha value is -1.81. The smallest absolute Gasteiger partial charge is 0.158 e. The average molecular weight is 412 g/mol. The van der Waals surface area contributed by atoms with Crippen molar-refractivity contribution < 1.29 is 4.79 Å². The lowest BCUT2D eigenvalue weighted by Crippen LogP contribution is -2.19. The first kappa shape index (κ1) is 24.5. The molecule has 1 aromatic heterocycles. The summed E-state index contributed by atoms with van der Waals surface area (Å²) >= 11 is 0. The van der Waals surface area contributed by atoms with E-state index in [1.807, 2.05) is 13.0 Å². The number of ketones is 1. The second-order valence-electron chi connectivity index (χ2n) is 8.96. The van der Waals surface area contributed by atoms with Gasteiger partial charge in [-0.25, -0.2) is 9.97 Å². The molecule has 2 rings (SSSR count). The van der Waals surface area contributed by atoms with Gasteiger partial charge >= 0.3 is 0 Å². The molecule has 166 valence electrons. The van der Waals surface area contributed by atoms with Crippen LogP contribution in [0.1, 0.15) is 107 Å². The summed E-state index contributed by atoms with van der Waals surface area (Å²) < 4.78 is 0. The number of rotatable bonds is 8. The van der Waals surface area contributed by atoms with Crippen LogP contribution in [0.3, 0.4) is 0 Å². The van der Waals surface area contributed by atoms with E-state index in [2.05, 4.69) is 32.5 Å². The van der Waals surface area contributed by atoms with Gasteiger partial charge in [0.15, 0.2) is 11.6 Å². The summed E-state index contributed by atoms with van der Waals surface area (Å²) in [6, 6.07) is 0. The minimum absolute atomic E-state index is 0.0283. The molecule has 0 spiro atoms. The Kier molecular flexibility index (Phi) is 10.4. The summed E-state index contributed by atoms with van der Waals surface area (Å²) in [6.45, 7) is 8.64. The van der Waals surface area contributed by atoms with Crippen LogP contribution < -0.4 is 0 Å². The Bertz CT molecular complexity index is 726. The van der Waals surface area contributed by atoms with Crippen LogP contribution in [-0.4, -0.2) is 34.7 Å². The summed E-state index contributed by atoms with van der Waals surface area (Å²) in [5, 5.41) is 0. The van der Waals surface area contributed by atoms with Crippen molar-refractivity contribution in [3.63, 3.8) is 0 Å². The normalized spacial score (nSPS) is 17.2. The highest BCUT2D eigenvalue weighted by molar-refractivity contribution is 5.91. The van der Waals surface area contributed by atoms with E-state index in [1.165, 1.54) is 75.1 Å². The maximum atomic E-state index is 11.7. The van der Waals surface area contributed by atoms with Gasteiger partial charge in [-0.2, -0.15) is 0 Å². The SMILES string of the molecule is C=CC(=O)C/C=C(\C)c1nc(CN(C)C)c(CC)c(C2CCCCCCCCC2)n1. The maximum Gasteiger partial charge on any atom is 0.158 e. The lowest BCUT2D eigenvalue weighted by molar-refractivity contribution is -0.113. The topological polar surface area (TPSA) is 46.1 Å². The first-order chi connectivity index (χ1) is 14.5.